The van der Waals surface area contributed by atoms with Gasteiger partial charge in [-0.05, 0) is 32.3 Å². The number of Topliss-reactive ketones (excluding diaryl/α,β-unsaturated/α-hetero) is 1. The number of carbonyl (C=O) groups excluding carboxylic acids is 2. The molecule has 1 aromatic heterocycles. The van der Waals surface area contributed by atoms with Crippen LogP contribution < -0.4 is 10.1 Å². The number of anilines is 1. The number of hydrogen-bond acceptors (Lipinski definition) is 6. The first-order chi connectivity index (χ1) is 17.8. The molecule has 1 unspecified atom stereocenters. The topological polar surface area (TPSA) is 91.7 Å². The van der Waals surface area contributed by atoms with Gasteiger partial charge < -0.3 is 19.5 Å². The van der Waals surface area contributed by atoms with Gasteiger partial charge in [0.15, 0.2) is 29.2 Å². The molecule has 38 heavy (non-hydrogen) atoms. The highest BCUT2D eigenvalue weighted by molar-refractivity contribution is 6.03. The molecule has 3 heterocycles. The Bertz CT molecular complexity index is 1230. The number of hydrogen-bond donors (Lipinski definition) is 1. The van der Waals surface area contributed by atoms with Crippen LogP contribution in [0.1, 0.15) is 68.2 Å². The van der Waals surface area contributed by atoms with Crippen LogP contribution in [0.15, 0.2) is 18.3 Å². The number of rotatable bonds is 6. The predicted molar refractivity (Wildman–Crippen MR) is 124 cm³/mol. The van der Waals surface area contributed by atoms with Crippen molar-refractivity contribution >= 4 is 17.4 Å². The molecule has 0 aliphatic carbocycles. The van der Waals surface area contributed by atoms with E-state index in [2.05, 4.69) is 10.4 Å². The second kappa shape index (κ2) is 10.3. The Labute approximate surface area is 215 Å². The Morgan fingerprint density at radius 2 is 1.95 bits per heavy atom. The van der Waals surface area contributed by atoms with Crippen molar-refractivity contribution in [3.63, 3.8) is 0 Å². The molecule has 0 radical (unpaired) electrons. The van der Waals surface area contributed by atoms with Crippen molar-refractivity contribution in [3.8, 4) is 5.75 Å². The highest BCUT2D eigenvalue weighted by Gasteiger charge is 2.66. The second-order valence-corrected chi connectivity index (χ2v) is 9.66. The number of carbonyl (C=O) groups is 2. The van der Waals surface area contributed by atoms with Gasteiger partial charge in [-0.15, -0.1) is 0 Å². The van der Waals surface area contributed by atoms with Crippen LogP contribution in [-0.4, -0.2) is 53.1 Å². The standard InChI is InChI=1S/C25H28F5N3O5/c1-12-18(14-8-9-15(26)19(27)21(14)36-4)22(38-24(12,3)25(28,29)30)23(35)32-16-11-31-33(20(16)13(2)34)17-7-5-6-10-37-17/h8-9,11-12,17-18,22H,5-7,10H2,1-4H3,(H,32,35)/t12-,17?,18-,22+,24+/m0/s1. The molecule has 1 aromatic carbocycles. The molecule has 13 heteroatoms. The lowest BCUT2D eigenvalue weighted by Gasteiger charge is -2.32. The molecule has 2 aromatic rings. The van der Waals surface area contributed by atoms with Gasteiger partial charge in [0.2, 0.25) is 5.82 Å². The van der Waals surface area contributed by atoms with Gasteiger partial charge in [0.25, 0.3) is 5.91 Å². The van der Waals surface area contributed by atoms with E-state index < -0.39 is 65.0 Å². The zero-order valence-corrected chi connectivity index (χ0v) is 21.2. The molecule has 2 fully saturated rings. The minimum Gasteiger partial charge on any atom is -0.493 e. The van der Waals surface area contributed by atoms with Gasteiger partial charge in [0.05, 0.1) is 19.0 Å². The number of halogens is 5. The summed E-state index contributed by atoms with van der Waals surface area (Å²) in [4.78, 5) is 26.0. The molecule has 0 spiro atoms. The summed E-state index contributed by atoms with van der Waals surface area (Å²) >= 11 is 0. The number of alkyl halides is 3. The number of ketones is 1. The Morgan fingerprint density at radius 1 is 1.24 bits per heavy atom. The Balaban J connectivity index is 1.74. The van der Waals surface area contributed by atoms with Crippen molar-refractivity contribution in [1.82, 2.24) is 9.78 Å². The molecule has 1 amide bonds. The fraction of sp³-hybridized carbons (Fsp3) is 0.560. The molecule has 1 N–H and O–H groups in total. The molecule has 208 valence electrons. The van der Waals surface area contributed by atoms with E-state index in [0.717, 1.165) is 39.0 Å². The molecule has 0 bridgehead atoms. The predicted octanol–water partition coefficient (Wildman–Crippen LogP) is 5.15. The summed E-state index contributed by atoms with van der Waals surface area (Å²) in [5.74, 6) is -7.56. The smallest absolute Gasteiger partial charge is 0.417 e. The van der Waals surface area contributed by atoms with E-state index >= 15 is 0 Å². The highest BCUT2D eigenvalue weighted by Crippen LogP contribution is 2.55. The molecule has 2 aliphatic rings. The summed E-state index contributed by atoms with van der Waals surface area (Å²) in [6.07, 6.45) is -3.76. The first-order valence-electron chi connectivity index (χ1n) is 12.1. The number of methoxy groups -OCH3 is 1. The number of amides is 1. The van der Waals surface area contributed by atoms with Crippen molar-refractivity contribution in [2.75, 3.05) is 19.0 Å². The van der Waals surface area contributed by atoms with Crippen LogP contribution in [-0.2, 0) is 14.3 Å². The normalized spacial score (nSPS) is 27.8. The Kier molecular flexibility index (Phi) is 7.54. The van der Waals surface area contributed by atoms with E-state index in [4.69, 9.17) is 14.2 Å². The fourth-order valence-electron chi connectivity index (χ4n) is 5.18. The van der Waals surface area contributed by atoms with E-state index in [1.807, 2.05) is 0 Å². The summed E-state index contributed by atoms with van der Waals surface area (Å²) < 4.78 is 88.3. The maximum Gasteiger partial charge on any atom is 0.417 e. The van der Waals surface area contributed by atoms with Crippen LogP contribution in [0.5, 0.6) is 5.75 Å². The third-order valence-electron chi connectivity index (χ3n) is 7.39. The van der Waals surface area contributed by atoms with Gasteiger partial charge >= 0.3 is 6.18 Å². The SMILES string of the molecule is COc1c([C@H]2[C@H](C(=O)Nc3cnn(C4CCCCO4)c3C(C)=O)O[C@@](C)(C(F)(F)F)[C@H]2C)ccc(F)c1F. The molecule has 0 saturated carbocycles. The van der Waals surface area contributed by atoms with Crippen molar-refractivity contribution < 1.29 is 45.8 Å². The van der Waals surface area contributed by atoms with Crippen LogP contribution in [0.25, 0.3) is 0 Å². The third-order valence-corrected chi connectivity index (χ3v) is 7.39. The summed E-state index contributed by atoms with van der Waals surface area (Å²) in [6, 6.07) is 1.82. The molecule has 8 nitrogen and oxygen atoms in total. The van der Waals surface area contributed by atoms with Gasteiger partial charge in [-0.1, -0.05) is 13.0 Å². The van der Waals surface area contributed by atoms with E-state index in [9.17, 15) is 31.5 Å². The Hall–Kier alpha value is -3.06. The molecule has 2 saturated heterocycles. The van der Waals surface area contributed by atoms with Crippen molar-refractivity contribution in [2.24, 2.45) is 5.92 Å². The zero-order chi connectivity index (χ0) is 28.0. The van der Waals surface area contributed by atoms with Crippen LogP contribution in [0.2, 0.25) is 0 Å². The monoisotopic (exact) mass is 545 g/mol. The minimum absolute atomic E-state index is 0.0110. The summed E-state index contributed by atoms with van der Waals surface area (Å²) in [5.41, 5.74) is -2.99. The number of benzene rings is 1. The summed E-state index contributed by atoms with van der Waals surface area (Å²) in [6.45, 7) is 3.73. The summed E-state index contributed by atoms with van der Waals surface area (Å²) in [7, 11) is 1.04. The quantitative estimate of drug-likeness (QED) is 0.399. The average molecular weight is 546 g/mol. The largest absolute Gasteiger partial charge is 0.493 e. The van der Waals surface area contributed by atoms with Gasteiger partial charge in [0, 0.05) is 30.9 Å². The van der Waals surface area contributed by atoms with Crippen LogP contribution in [0.3, 0.4) is 0 Å². The van der Waals surface area contributed by atoms with Gasteiger partial charge in [-0.2, -0.15) is 22.7 Å². The van der Waals surface area contributed by atoms with Gasteiger partial charge in [-0.25, -0.2) is 9.07 Å². The number of nitrogens with one attached hydrogen (secondary N) is 1. The van der Waals surface area contributed by atoms with E-state index in [1.54, 1.807) is 0 Å². The first kappa shape index (κ1) is 28.0. The lowest BCUT2D eigenvalue weighted by molar-refractivity contribution is -0.272. The molecule has 2 aliphatic heterocycles. The minimum atomic E-state index is -4.90. The number of nitrogens with zero attached hydrogens (tertiary/aromatic N) is 2. The van der Waals surface area contributed by atoms with E-state index in [1.165, 1.54) is 24.7 Å². The highest BCUT2D eigenvalue weighted by atomic mass is 19.4. The number of ether oxygens (including phenoxy) is 3. The van der Waals surface area contributed by atoms with E-state index in [0.29, 0.717) is 13.0 Å². The molecule has 5 atom stereocenters. The second-order valence-electron chi connectivity index (χ2n) is 9.66. The van der Waals surface area contributed by atoms with Gasteiger partial charge in [0.1, 0.15) is 11.8 Å². The van der Waals surface area contributed by atoms with Crippen LogP contribution in [0.4, 0.5) is 27.6 Å². The third kappa shape index (κ3) is 4.66. The number of aromatic nitrogens is 2. The maximum atomic E-state index is 14.5. The zero-order valence-electron chi connectivity index (χ0n) is 21.2. The average Bonchev–Trinajstić information content (AvgIpc) is 3.40. The van der Waals surface area contributed by atoms with Crippen molar-refractivity contribution in [1.29, 1.82) is 0 Å². The van der Waals surface area contributed by atoms with Crippen molar-refractivity contribution in [3.05, 3.63) is 41.2 Å². The van der Waals surface area contributed by atoms with Gasteiger partial charge in [-0.3, -0.25) is 9.59 Å². The molecular formula is C25H28F5N3O5. The van der Waals surface area contributed by atoms with Crippen LogP contribution in [0, 0.1) is 17.6 Å². The van der Waals surface area contributed by atoms with E-state index in [-0.39, 0.29) is 16.9 Å². The van der Waals surface area contributed by atoms with Crippen molar-refractivity contribution in [2.45, 2.75) is 70.1 Å². The molecule has 4 rings (SSSR count). The lowest BCUT2D eigenvalue weighted by Crippen LogP contribution is -2.47. The Morgan fingerprint density at radius 3 is 2.53 bits per heavy atom. The lowest BCUT2D eigenvalue weighted by atomic mass is 9.77. The first-order valence-corrected chi connectivity index (χ1v) is 12.1. The maximum absolute atomic E-state index is 14.5. The summed E-state index contributed by atoms with van der Waals surface area (Å²) in [5, 5.41) is 6.64. The van der Waals surface area contributed by atoms with Crippen LogP contribution >= 0.6 is 0 Å². The molecular weight excluding hydrogens is 517 g/mol. The fourth-order valence-corrected chi connectivity index (χ4v) is 5.18.